The van der Waals surface area contributed by atoms with E-state index in [0.29, 0.717) is 5.75 Å². The molecule has 0 unspecified atom stereocenters. The van der Waals surface area contributed by atoms with Gasteiger partial charge in [0.2, 0.25) is 11.3 Å². The number of hydrogen-bond donors (Lipinski definition) is 2. The zero-order valence-corrected chi connectivity index (χ0v) is 18.5. The van der Waals surface area contributed by atoms with Crippen molar-refractivity contribution in [2.45, 2.75) is 5.60 Å². The van der Waals surface area contributed by atoms with Gasteiger partial charge in [0.15, 0.2) is 5.13 Å². The number of hydrogen-bond acceptors (Lipinski definition) is 7. The number of carboxylic acids is 1. The molecule has 166 valence electrons. The van der Waals surface area contributed by atoms with E-state index < -0.39 is 11.6 Å². The molecule has 0 aliphatic carbocycles. The Kier molecular flexibility index (Phi) is 6.37. The first-order chi connectivity index (χ1) is 16.0. The molecule has 1 heterocycles. The summed E-state index contributed by atoms with van der Waals surface area (Å²) in [5.41, 5.74) is 6.55. The fourth-order valence-corrected chi connectivity index (χ4v) is 4.08. The number of ether oxygens (including phenoxy) is 1. The number of benzene rings is 3. The van der Waals surface area contributed by atoms with Gasteiger partial charge in [0, 0.05) is 22.1 Å². The molecule has 4 rings (SSSR count). The van der Waals surface area contributed by atoms with Gasteiger partial charge in [-0.05, 0) is 12.1 Å². The van der Waals surface area contributed by atoms with Crippen molar-refractivity contribution in [1.29, 1.82) is 0 Å². The maximum Gasteiger partial charge on any atom is 0.360 e. The van der Waals surface area contributed by atoms with E-state index in [0.717, 1.165) is 28.0 Å². The molecule has 0 fully saturated rings. The third kappa shape index (κ3) is 4.42. The Bertz CT molecular complexity index is 1220. The van der Waals surface area contributed by atoms with Gasteiger partial charge in [0.05, 0.1) is 7.11 Å². The first-order valence-electron chi connectivity index (χ1n) is 10.0. The van der Waals surface area contributed by atoms with Crippen LogP contribution in [-0.2, 0) is 15.2 Å². The van der Waals surface area contributed by atoms with Crippen molar-refractivity contribution in [3.05, 3.63) is 113 Å². The monoisotopic (exact) mass is 459 g/mol. The number of oxime groups is 1. The highest BCUT2D eigenvalue weighted by molar-refractivity contribution is 7.13. The van der Waals surface area contributed by atoms with Gasteiger partial charge < -0.3 is 20.4 Å². The topological polar surface area (TPSA) is 107 Å². The van der Waals surface area contributed by atoms with Crippen LogP contribution in [0.2, 0.25) is 0 Å². The Morgan fingerprint density at radius 1 is 0.939 bits per heavy atom. The minimum atomic E-state index is -1.27. The lowest BCUT2D eigenvalue weighted by Crippen LogP contribution is -2.32. The minimum absolute atomic E-state index is 0.134. The number of rotatable bonds is 8. The van der Waals surface area contributed by atoms with Crippen LogP contribution >= 0.6 is 11.3 Å². The van der Waals surface area contributed by atoms with E-state index in [1.807, 2.05) is 84.9 Å². The van der Waals surface area contributed by atoms with E-state index in [2.05, 4.69) is 10.1 Å². The van der Waals surface area contributed by atoms with Gasteiger partial charge >= 0.3 is 5.97 Å². The van der Waals surface area contributed by atoms with Gasteiger partial charge in [-0.3, -0.25) is 0 Å². The molecule has 4 aromatic rings. The van der Waals surface area contributed by atoms with Gasteiger partial charge in [-0.15, -0.1) is 11.3 Å². The second kappa shape index (κ2) is 9.54. The van der Waals surface area contributed by atoms with Gasteiger partial charge in [-0.2, -0.15) is 0 Å². The molecule has 0 atom stereocenters. The Morgan fingerprint density at radius 3 is 1.94 bits per heavy atom. The third-order valence-corrected chi connectivity index (χ3v) is 5.77. The van der Waals surface area contributed by atoms with E-state index >= 15 is 0 Å². The number of aliphatic carboxylic acids is 1. The van der Waals surface area contributed by atoms with Crippen molar-refractivity contribution >= 4 is 28.1 Å². The van der Waals surface area contributed by atoms with Crippen molar-refractivity contribution in [2.75, 3.05) is 12.8 Å². The summed E-state index contributed by atoms with van der Waals surface area (Å²) >= 11 is 1.13. The molecule has 3 aromatic carbocycles. The van der Waals surface area contributed by atoms with Crippen LogP contribution in [0.15, 0.2) is 95.5 Å². The third-order valence-electron chi connectivity index (χ3n) is 5.10. The molecule has 0 radical (unpaired) electrons. The smallest absolute Gasteiger partial charge is 0.360 e. The second-order valence-corrected chi connectivity index (χ2v) is 7.94. The van der Waals surface area contributed by atoms with E-state index in [-0.39, 0.29) is 16.5 Å². The molecule has 0 aliphatic heterocycles. The summed E-state index contributed by atoms with van der Waals surface area (Å²) in [7, 11) is 1.59. The fraction of sp³-hybridized carbons (Fsp3) is 0.0800. The summed E-state index contributed by atoms with van der Waals surface area (Å²) in [4.78, 5) is 22.3. The number of nitrogens with two attached hydrogens (primary N) is 1. The highest BCUT2D eigenvalue weighted by Gasteiger charge is 2.40. The second-order valence-electron chi connectivity index (χ2n) is 7.05. The molecule has 3 N–H and O–H groups in total. The zero-order valence-electron chi connectivity index (χ0n) is 17.7. The number of carbonyl (C=O) groups is 1. The average molecular weight is 460 g/mol. The molecule has 0 saturated heterocycles. The van der Waals surface area contributed by atoms with Crippen molar-refractivity contribution in [3.8, 4) is 5.75 Å². The van der Waals surface area contributed by atoms with Gasteiger partial charge in [0.1, 0.15) is 11.4 Å². The highest BCUT2D eigenvalue weighted by Crippen LogP contribution is 2.41. The molecule has 8 heteroatoms. The number of nitrogens with zero attached hydrogens (tertiary/aromatic N) is 2. The molecule has 1 aromatic heterocycles. The first kappa shape index (κ1) is 22.0. The number of thiazole rings is 1. The average Bonchev–Trinajstić information content (AvgIpc) is 3.28. The summed E-state index contributed by atoms with van der Waals surface area (Å²) in [5.74, 6) is -0.591. The lowest BCUT2D eigenvalue weighted by Gasteiger charge is -2.33. The predicted molar refractivity (Wildman–Crippen MR) is 128 cm³/mol. The van der Waals surface area contributed by atoms with Gasteiger partial charge in [-0.1, -0.05) is 78.0 Å². The summed E-state index contributed by atoms with van der Waals surface area (Å²) < 4.78 is 5.32. The van der Waals surface area contributed by atoms with E-state index in [1.54, 1.807) is 7.11 Å². The van der Waals surface area contributed by atoms with Crippen molar-refractivity contribution < 1.29 is 19.5 Å². The molecule has 0 saturated carbocycles. The Labute approximate surface area is 194 Å². The SMILES string of the molecule is COc1ccc(C(ON=C(C(=O)O)c2csc(N)n2)(c2ccccc2)c2ccccc2)cc1. The normalized spacial score (nSPS) is 11.7. The van der Waals surface area contributed by atoms with Crippen LogP contribution in [0.3, 0.4) is 0 Å². The van der Waals surface area contributed by atoms with Gasteiger partial charge in [-0.25, -0.2) is 9.78 Å². The van der Waals surface area contributed by atoms with Crippen molar-refractivity contribution in [2.24, 2.45) is 5.16 Å². The molecular formula is C25H21N3O4S. The first-order valence-corrected chi connectivity index (χ1v) is 10.9. The summed E-state index contributed by atoms with van der Waals surface area (Å²) in [6.07, 6.45) is 0. The number of methoxy groups -OCH3 is 1. The summed E-state index contributed by atoms with van der Waals surface area (Å²) in [6.45, 7) is 0. The number of anilines is 1. The molecular weight excluding hydrogens is 438 g/mol. The molecule has 0 amide bonds. The number of nitrogen functional groups attached to an aromatic ring is 1. The van der Waals surface area contributed by atoms with Crippen molar-refractivity contribution in [1.82, 2.24) is 4.98 Å². The molecule has 0 aliphatic rings. The Morgan fingerprint density at radius 2 is 1.48 bits per heavy atom. The summed E-state index contributed by atoms with van der Waals surface area (Å²) in [5, 5.41) is 15.7. The van der Waals surface area contributed by atoms with E-state index in [1.165, 1.54) is 5.38 Å². The maximum atomic E-state index is 12.0. The van der Waals surface area contributed by atoms with Crippen LogP contribution < -0.4 is 10.5 Å². The molecule has 33 heavy (non-hydrogen) atoms. The van der Waals surface area contributed by atoms with Crippen LogP contribution in [0.4, 0.5) is 5.13 Å². The van der Waals surface area contributed by atoms with Gasteiger partial charge in [0.25, 0.3) is 0 Å². The Hall–Kier alpha value is -4.17. The quantitative estimate of drug-likeness (QED) is 0.228. The lowest BCUT2D eigenvalue weighted by atomic mass is 9.80. The maximum absolute atomic E-state index is 12.0. The standard InChI is InChI=1S/C25H21N3O4S/c1-31-20-14-12-19(13-15-20)25(17-8-4-2-5-9-17,18-10-6-3-7-11-18)32-28-22(23(29)30)21-16-33-24(26)27-21/h2-16H,1H3,(H2,26,27)(H,29,30). The highest BCUT2D eigenvalue weighted by atomic mass is 32.1. The summed E-state index contributed by atoms with van der Waals surface area (Å²) in [6, 6.07) is 26.4. The van der Waals surface area contributed by atoms with E-state index in [9.17, 15) is 9.90 Å². The molecule has 0 spiro atoms. The number of aromatic nitrogens is 1. The molecule has 0 bridgehead atoms. The Balaban J connectivity index is 1.95. The lowest BCUT2D eigenvalue weighted by molar-refractivity contribution is -0.129. The predicted octanol–water partition coefficient (Wildman–Crippen LogP) is 4.53. The van der Waals surface area contributed by atoms with Crippen LogP contribution in [0.5, 0.6) is 5.75 Å². The number of carboxylic acid groups (broad SMARTS) is 1. The fourth-order valence-electron chi connectivity index (χ4n) is 3.54. The molecule has 7 nitrogen and oxygen atoms in total. The van der Waals surface area contributed by atoms with Crippen molar-refractivity contribution in [3.63, 3.8) is 0 Å². The minimum Gasteiger partial charge on any atom is -0.497 e. The largest absolute Gasteiger partial charge is 0.497 e. The van der Waals surface area contributed by atoms with Crippen LogP contribution in [-0.4, -0.2) is 28.9 Å². The van der Waals surface area contributed by atoms with Crippen LogP contribution in [0.1, 0.15) is 22.4 Å². The zero-order chi connectivity index (χ0) is 23.3. The van der Waals surface area contributed by atoms with E-state index in [4.69, 9.17) is 15.3 Å². The van der Waals surface area contributed by atoms with Crippen LogP contribution in [0.25, 0.3) is 0 Å². The van der Waals surface area contributed by atoms with Crippen LogP contribution in [0, 0.1) is 0 Å².